The first-order valence-electron chi connectivity index (χ1n) is 11.8. The molecule has 0 atom stereocenters. The van der Waals surface area contributed by atoms with Gasteiger partial charge in [-0.3, -0.25) is 0 Å². The van der Waals surface area contributed by atoms with Crippen molar-refractivity contribution in [3.8, 4) is 17.0 Å². The highest BCUT2D eigenvalue weighted by Gasteiger charge is 2.14. The first-order valence-corrected chi connectivity index (χ1v) is 11.8. The molecule has 3 aromatic heterocycles. The number of fused-ring (bicyclic) bond motifs is 1. The summed E-state index contributed by atoms with van der Waals surface area (Å²) in [6, 6.07) is 14.2. The lowest BCUT2D eigenvalue weighted by atomic mass is 10.1. The monoisotopic (exact) mass is 517 g/mol. The summed E-state index contributed by atoms with van der Waals surface area (Å²) in [4.78, 5) is 22.9. The van der Waals surface area contributed by atoms with E-state index in [2.05, 4.69) is 20.3 Å². The molecule has 0 radical (unpaired) electrons. The molecule has 38 heavy (non-hydrogen) atoms. The van der Waals surface area contributed by atoms with Gasteiger partial charge in [0.25, 0.3) is 0 Å². The summed E-state index contributed by atoms with van der Waals surface area (Å²) in [6.45, 7) is 1.00. The van der Waals surface area contributed by atoms with Gasteiger partial charge in [0, 0.05) is 42.0 Å². The molecule has 0 spiro atoms. The highest BCUT2D eigenvalue weighted by atomic mass is 19.1. The Kier molecular flexibility index (Phi) is 7.22. The Morgan fingerprint density at radius 2 is 1.95 bits per heavy atom. The first kappa shape index (κ1) is 24.8. The molecular formula is C26H24FN7O4. The molecule has 0 amide bonds. The third kappa shape index (κ3) is 5.44. The number of hydrogen-bond acceptors (Lipinski definition) is 8. The van der Waals surface area contributed by atoms with Crippen LogP contribution < -0.4 is 10.1 Å². The smallest absolute Gasteiger partial charge is 0.434 e. The molecule has 194 valence electrons. The maximum atomic E-state index is 14.5. The van der Waals surface area contributed by atoms with Crippen LogP contribution in [0.5, 0.6) is 5.75 Å². The van der Waals surface area contributed by atoms with Crippen molar-refractivity contribution in [1.29, 1.82) is 0 Å². The predicted molar refractivity (Wildman–Crippen MR) is 139 cm³/mol. The first-order chi connectivity index (χ1) is 18.5. The second-order valence-corrected chi connectivity index (χ2v) is 8.34. The van der Waals surface area contributed by atoms with Gasteiger partial charge in [0.2, 0.25) is 5.95 Å². The SMILES string of the molecule is Cn1cc(-c2ccnc(Nc3cc(OCCOCCn4ccnc4[N+](=O)[O-])ccc3F)n2)c2ccccc21. The fourth-order valence-electron chi connectivity index (χ4n) is 4.06. The van der Waals surface area contributed by atoms with Crippen LogP contribution in [0.3, 0.4) is 0 Å². The Balaban J connectivity index is 1.19. The molecule has 0 bridgehead atoms. The van der Waals surface area contributed by atoms with Crippen molar-refractivity contribution in [1.82, 2.24) is 24.1 Å². The van der Waals surface area contributed by atoms with Crippen LogP contribution in [-0.4, -0.2) is 48.8 Å². The van der Waals surface area contributed by atoms with Gasteiger partial charge < -0.3 is 29.5 Å². The molecule has 5 aromatic rings. The van der Waals surface area contributed by atoms with Crippen molar-refractivity contribution in [2.75, 3.05) is 25.1 Å². The molecule has 0 aliphatic carbocycles. The molecule has 1 N–H and O–H groups in total. The molecule has 0 saturated carbocycles. The number of hydrogen-bond donors (Lipinski definition) is 1. The minimum Gasteiger partial charge on any atom is -0.491 e. The van der Waals surface area contributed by atoms with Crippen molar-refractivity contribution in [2.45, 2.75) is 6.54 Å². The Bertz CT molecular complexity index is 1580. The summed E-state index contributed by atoms with van der Waals surface area (Å²) in [6.07, 6.45) is 6.52. The lowest BCUT2D eigenvalue weighted by Crippen LogP contribution is -2.12. The van der Waals surface area contributed by atoms with Crippen molar-refractivity contribution in [3.05, 3.63) is 89.2 Å². The lowest BCUT2D eigenvalue weighted by molar-refractivity contribution is -0.396. The molecule has 5 rings (SSSR count). The number of halogens is 1. The van der Waals surface area contributed by atoms with Crippen LogP contribution in [0.4, 0.5) is 22.0 Å². The minimum atomic E-state index is -0.547. The maximum absolute atomic E-state index is 14.5. The van der Waals surface area contributed by atoms with E-state index in [1.165, 1.54) is 35.2 Å². The molecule has 0 unspecified atom stereocenters. The summed E-state index contributed by atoms with van der Waals surface area (Å²) in [7, 11) is 1.98. The van der Waals surface area contributed by atoms with E-state index in [1.54, 1.807) is 6.20 Å². The van der Waals surface area contributed by atoms with Crippen molar-refractivity contribution < 1.29 is 18.8 Å². The van der Waals surface area contributed by atoms with Crippen molar-refractivity contribution in [2.24, 2.45) is 7.05 Å². The van der Waals surface area contributed by atoms with Gasteiger partial charge in [0.05, 0.1) is 31.1 Å². The normalized spacial score (nSPS) is 11.1. The minimum absolute atomic E-state index is 0.172. The van der Waals surface area contributed by atoms with Crippen LogP contribution in [0.2, 0.25) is 0 Å². The van der Waals surface area contributed by atoms with E-state index in [1.807, 2.05) is 48.1 Å². The number of ether oxygens (including phenoxy) is 2. The third-order valence-corrected chi connectivity index (χ3v) is 5.84. The Hall–Kier alpha value is -4.84. The van der Waals surface area contributed by atoms with Crippen LogP contribution in [0.25, 0.3) is 22.2 Å². The average Bonchev–Trinajstić information content (AvgIpc) is 3.53. The van der Waals surface area contributed by atoms with Crippen LogP contribution in [0, 0.1) is 15.9 Å². The molecule has 12 heteroatoms. The molecule has 0 aliphatic rings. The zero-order chi connectivity index (χ0) is 26.5. The number of benzene rings is 2. The second kappa shape index (κ2) is 11.0. The van der Waals surface area contributed by atoms with Crippen molar-refractivity contribution >= 4 is 28.5 Å². The van der Waals surface area contributed by atoms with Gasteiger partial charge in [0.1, 0.15) is 30.6 Å². The Labute approximate surface area is 216 Å². The van der Waals surface area contributed by atoms with E-state index in [0.717, 1.165) is 16.5 Å². The van der Waals surface area contributed by atoms with Crippen LogP contribution in [0.15, 0.2) is 73.3 Å². The summed E-state index contributed by atoms with van der Waals surface area (Å²) in [5.41, 5.74) is 2.92. The molecule has 0 fully saturated rings. The van der Waals surface area contributed by atoms with Gasteiger partial charge in [-0.1, -0.05) is 23.2 Å². The molecule has 0 aliphatic heterocycles. The van der Waals surface area contributed by atoms with Gasteiger partial charge in [-0.25, -0.2) is 18.9 Å². The third-order valence-electron chi connectivity index (χ3n) is 5.84. The number of nitro groups is 1. The van der Waals surface area contributed by atoms with E-state index >= 15 is 0 Å². The van der Waals surface area contributed by atoms with Crippen LogP contribution in [0.1, 0.15) is 0 Å². The molecular weight excluding hydrogens is 493 g/mol. The van der Waals surface area contributed by atoms with E-state index < -0.39 is 10.7 Å². The quantitative estimate of drug-likeness (QED) is 0.152. The number of rotatable bonds is 11. The fraction of sp³-hybridized carbons (Fsp3) is 0.192. The summed E-state index contributed by atoms with van der Waals surface area (Å²) < 4.78 is 29.2. The number of para-hydroxylation sites is 1. The Morgan fingerprint density at radius 3 is 2.82 bits per heavy atom. The number of nitrogens with zero attached hydrogens (tertiary/aromatic N) is 6. The molecule has 0 saturated heterocycles. The van der Waals surface area contributed by atoms with E-state index in [4.69, 9.17) is 9.47 Å². The average molecular weight is 518 g/mol. The van der Waals surface area contributed by atoms with Gasteiger partial charge >= 0.3 is 5.95 Å². The van der Waals surface area contributed by atoms with Crippen molar-refractivity contribution in [3.63, 3.8) is 0 Å². The number of nitrogens with one attached hydrogen (secondary N) is 1. The topological polar surface area (TPSA) is 122 Å². The van der Waals surface area contributed by atoms with Gasteiger partial charge in [-0.2, -0.15) is 0 Å². The summed E-state index contributed by atoms with van der Waals surface area (Å²) >= 11 is 0. The number of aromatic nitrogens is 5. The van der Waals surface area contributed by atoms with Gasteiger partial charge in [-0.05, 0) is 29.2 Å². The van der Waals surface area contributed by atoms with E-state index in [-0.39, 0.29) is 37.4 Å². The lowest BCUT2D eigenvalue weighted by Gasteiger charge is -2.11. The van der Waals surface area contributed by atoms with Gasteiger partial charge in [0.15, 0.2) is 0 Å². The Morgan fingerprint density at radius 1 is 1.08 bits per heavy atom. The molecule has 3 heterocycles. The highest BCUT2D eigenvalue weighted by molar-refractivity contribution is 5.95. The molecule has 2 aromatic carbocycles. The maximum Gasteiger partial charge on any atom is 0.434 e. The van der Waals surface area contributed by atoms with Crippen LogP contribution in [-0.2, 0) is 18.3 Å². The molecule has 11 nitrogen and oxygen atoms in total. The largest absolute Gasteiger partial charge is 0.491 e. The van der Waals surface area contributed by atoms with E-state index in [0.29, 0.717) is 18.0 Å². The predicted octanol–water partition coefficient (Wildman–Crippen LogP) is 4.72. The fourth-order valence-corrected chi connectivity index (χ4v) is 4.06. The summed E-state index contributed by atoms with van der Waals surface area (Å²) in [5, 5.41) is 14.9. The highest BCUT2D eigenvalue weighted by Crippen LogP contribution is 2.30. The van der Waals surface area contributed by atoms with Gasteiger partial charge in [-0.15, -0.1) is 0 Å². The number of anilines is 2. The second-order valence-electron chi connectivity index (χ2n) is 8.34. The zero-order valence-corrected chi connectivity index (χ0v) is 20.5. The van der Waals surface area contributed by atoms with E-state index in [9.17, 15) is 14.5 Å². The zero-order valence-electron chi connectivity index (χ0n) is 20.5. The number of aryl methyl sites for hydroxylation is 1. The number of imidazole rings is 1. The standard InChI is InChI=1S/C26H24FN7O4/c1-32-17-20(19-4-2-3-5-24(19)32)22-8-9-28-25(30-22)31-23-16-18(6-7-21(23)27)38-15-14-37-13-12-33-11-10-29-26(33)34(35)36/h2-11,16-17H,12-15H2,1H3,(H,28,30,31). The summed E-state index contributed by atoms with van der Waals surface area (Å²) in [5.74, 6) is -0.0195. The van der Waals surface area contributed by atoms with Crippen LogP contribution >= 0.6 is 0 Å².